The molecule has 0 unspecified atom stereocenters. The molecule has 0 saturated carbocycles. The van der Waals surface area contributed by atoms with Crippen molar-refractivity contribution in [3.05, 3.63) is 48.3 Å². The van der Waals surface area contributed by atoms with Gasteiger partial charge < -0.3 is 10.2 Å². The fourth-order valence-electron chi connectivity index (χ4n) is 4.28. The van der Waals surface area contributed by atoms with Gasteiger partial charge in [0.05, 0.1) is 4.90 Å². The highest BCUT2D eigenvalue weighted by Crippen LogP contribution is 2.24. The lowest BCUT2D eigenvalue weighted by molar-refractivity contribution is -0.123. The highest BCUT2D eigenvalue weighted by molar-refractivity contribution is 7.90. The van der Waals surface area contributed by atoms with Crippen LogP contribution in [-0.4, -0.2) is 80.3 Å². The van der Waals surface area contributed by atoms with E-state index in [9.17, 15) is 13.2 Å². The molecule has 188 valence electrons. The first-order chi connectivity index (χ1) is 16.9. The van der Waals surface area contributed by atoms with E-state index in [2.05, 4.69) is 34.8 Å². The Labute approximate surface area is 206 Å². The largest absolute Gasteiger partial charge is 0.354 e. The summed E-state index contributed by atoms with van der Waals surface area (Å²) in [7, 11) is -3.64. The van der Waals surface area contributed by atoms with Crippen molar-refractivity contribution in [1.82, 2.24) is 24.9 Å². The number of anilines is 1. The number of nitrogens with one attached hydrogen (secondary N) is 2. The smallest absolute Gasteiger partial charge is 0.263 e. The minimum Gasteiger partial charge on any atom is -0.354 e. The average Bonchev–Trinajstić information content (AvgIpc) is 3.15. The number of aromatic nitrogens is 2. The maximum atomic E-state index is 13.0. The normalized spacial score (nSPS) is 20.2. The van der Waals surface area contributed by atoms with Gasteiger partial charge in [0.25, 0.3) is 10.0 Å². The van der Waals surface area contributed by atoms with E-state index in [4.69, 9.17) is 0 Å². The van der Waals surface area contributed by atoms with Crippen LogP contribution in [0.5, 0.6) is 0 Å². The first kappa shape index (κ1) is 25.1. The molecule has 1 aromatic heterocycles. The number of aliphatic imine (C=N–C) groups is 1. The van der Waals surface area contributed by atoms with E-state index in [0.29, 0.717) is 12.1 Å². The van der Waals surface area contributed by atoms with Crippen molar-refractivity contribution in [1.29, 1.82) is 0 Å². The standard InChI is InChI=1S/C24H33N7O3S/c1-3-18(2)21(28-22-19-8-4-5-9-20(19)35(33,34)29-22)23(32)25-12-7-13-30-14-16-31(17-15-30)24-26-10-6-11-27-24/h4-6,8-11,18,21H,3,7,12-17H2,1-2H3,(H,25,32)(H,28,29)/t18-,21-/m0/s1. The second-order valence-electron chi connectivity index (χ2n) is 8.93. The number of nitrogens with zero attached hydrogens (tertiary/aromatic N) is 5. The minimum atomic E-state index is -3.64. The van der Waals surface area contributed by atoms with Crippen LogP contribution in [0.2, 0.25) is 0 Å². The zero-order chi connectivity index (χ0) is 24.8. The monoisotopic (exact) mass is 499 g/mol. The van der Waals surface area contributed by atoms with Crippen LogP contribution in [0.15, 0.2) is 52.6 Å². The molecule has 0 radical (unpaired) electrons. The topological polar surface area (TPSA) is 120 Å². The molecule has 0 bridgehead atoms. The van der Waals surface area contributed by atoms with Crippen LogP contribution < -0.4 is 14.9 Å². The molecular weight excluding hydrogens is 466 g/mol. The van der Waals surface area contributed by atoms with Gasteiger partial charge in [-0.25, -0.2) is 18.4 Å². The van der Waals surface area contributed by atoms with Gasteiger partial charge >= 0.3 is 0 Å². The number of rotatable bonds is 9. The molecule has 0 spiro atoms. The van der Waals surface area contributed by atoms with Crippen molar-refractivity contribution in [2.24, 2.45) is 10.9 Å². The molecule has 1 saturated heterocycles. The SMILES string of the molecule is CC[C@H](C)[C@H](N=C1NS(=O)(=O)c2ccccc21)C(=O)NCCCN1CCN(c2ncccn2)CC1. The summed E-state index contributed by atoms with van der Waals surface area (Å²) < 4.78 is 27.3. The lowest BCUT2D eigenvalue weighted by Gasteiger charge is -2.34. The molecule has 35 heavy (non-hydrogen) atoms. The molecule has 2 N–H and O–H groups in total. The third-order valence-electron chi connectivity index (χ3n) is 6.54. The van der Waals surface area contributed by atoms with Gasteiger partial charge in [-0.15, -0.1) is 0 Å². The molecular formula is C24H33N7O3S. The van der Waals surface area contributed by atoms with Crippen LogP contribution in [0.4, 0.5) is 5.95 Å². The van der Waals surface area contributed by atoms with Gasteiger partial charge in [-0.1, -0.05) is 32.4 Å². The molecule has 4 rings (SSSR count). The van der Waals surface area contributed by atoms with Crippen molar-refractivity contribution < 1.29 is 13.2 Å². The number of amidine groups is 1. The van der Waals surface area contributed by atoms with Crippen molar-refractivity contribution in [2.75, 3.05) is 44.2 Å². The Morgan fingerprint density at radius 3 is 2.57 bits per heavy atom. The Kier molecular flexibility index (Phi) is 7.97. The number of carbonyl (C=O) groups excluding carboxylic acids is 1. The number of fused-ring (bicyclic) bond motifs is 1. The zero-order valence-electron chi connectivity index (χ0n) is 20.2. The maximum absolute atomic E-state index is 13.0. The Hall–Kier alpha value is -3.05. The van der Waals surface area contributed by atoms with Gasteiger partial charge in [-0.05, 0) is 37.1 Å². The highest BCUT2D eigenvalue weighted by atomic mass is 32.2. The molecule has 3 heterocycles. The van der Waals surface area contributed by atoms with Crippen LogP contribution in [0.25, 0.3) is 0 Å². The molecule has 1 aromatic carbocycles. The summed E-state index contributed by atoms with van der Waals surface area (Å²) in [6.07, 6.45) is 5.09. The fraction of sp³-hybridized carbons (Fsp3) is 0.500. The summed E-state index contributed by atoms with van der Waals surface area (Å²) in [6, 6.07) is 7.85. The van der Waals surface area contributed by atoms with E-state index in [1.807, 2.05) is 19.9 Å². The van der Waals surface area contributed by atoms with Crippen LogP contribution >= 0.6 is 0 Å². The van der Waals surface area contributed by atoms with E-state index >= 15 is 0 Å². The maximum Gasteiger partial charge on any atom is 0.263 e. The Bertz CT molecular complexity index is 1150. The molecule has 2 aliphatic heterocycles. The number of benzene rings is 1. The van der Waals surface area contributed by atoms with Gasteiger partial charge in [-0.2, -0.15) is 0 Å². The highest BCUT2D eigenvalue weighted by Gasteiger charge is 2.33. The third kappa shape index (κ3) is 5.96. The summed E-state index contributed by atoms with van der Waals surface area (Å²) in [6.45, 7) is 8.99. The fourth-order valence-corrected chi connectivity index (χ4v) is 5.52. The number of hydrogen-bond donors (Lipinski definition) is 2. The van der Waals surface area contributed by atoms with Crippen molar-refractivity contribution in [2.45, 2.75) is 37.6 Å². The first-order valence-electron chi connectivity index (χ1n) is 12.1. The number of piperazine rings is 1. The van der Waals surface area contributed by atoms with Gasteiger partial charge in [-0.3, -0.25) is 19.4 Å². The summed E-state index contributed by atoms with van der Waals surface area (Å²) in [5.41, 5.74) is 0.508. The Morgan fingerprint density at radius 2 is 1.86 bits per heavy atom. The van der Waals surface area contributed by atoms with Gasteiger partial charge in [0, 0.05) is 50.7 Å². The van der Waals surface area contributed by atoms with Crippen LogP contribution in [0, 0.1) is 5.92 Å². The molecule has 1 amide bonds. The number of amides is 1. The van der Waals surface area contributed by atoms with Crippen LogP contribution in [0.3, 0.4) is 0 Å². The second kappa shape index (κ2) is 11.1. The van der Waals surface area contributed by atoms with Crippen molar-refractivity contribution >= 4 is 27.7 Å². The van der Waals surface area contributed by atoms with Crippen molar-refractivity contribution in [3.8, 4) is 0 Å². The predicted octanol–water partition coefficient (Wildman–Crippen LogP) is 1.26. The summed E-state index contributed by atoms with van der Waals surface area (Å²) in [4.78, 5) is 31.0. The number of carbonyl (C=O) groups is 1. The van der Waals surface area contributed by atoms with E-state index in [0.717, 1.165) is 51.5 Å². The van der Waals surface area contributed by atoms with Gasteiger partial charge in [0.1, 0.15) is 11.9 Å². The molecule has 2 aliphatic rings. The van der Waals surface area contributed by atoms with E-state index in [1.54, 1.807) is 36.7 Å². The quantitative estimate of drug-likeness (QED) is 0.499. The number of sulfonamides is 1. The molecule has 2 aromatic rings. The zero-order valence-corrected chi connectivity index (χ0v) is 21.0. The first-order valence-corrected chi connectivity index (χ1v) is 13.6. The summed E-state index contributed by atoms with van der Waals surface area (Å²) in [5, 5.41) is 3.01. The molecule has 2 atom stereocenters. The average molecular weight is 500 g/mol. The molecule has 1 fully saturated rings. The number of hydrogen-bond acceptors (Lipinski definition) is 8. The lowest BCUT2D eigenvalue weighted by atomic mass is 9.98. The summed E-state index contributed by atoms with van der Waals surface area (Å²) in [5.74, 6) is 0.792. The Morgan fingerprint density at radius 1 is 1.14 bits per heavy atom. The summed E-state index contributed by atoms with van der Waals surface area (Å²) >= 11 is 0. The molecule has 0 aliphatic carbocycles. The molecule has 11 heteroatoms. The van der Waals surface area contributed by atoms with Gasteiger partial charge in [0.15, 0.2) is 0 Å². The lowest BCUT2D eigenvalue weighted by Crippen LogP contribution is -2.47. The van der Waals surface area contributed by atoms with E-state index in [1.165, 1.54) is 0 Å². The predicted molar refractivity (Wildman–Crippen MR) is 135 cm³/mol. The van der Waals surface area contributed by atoms with E-state index in [-0.39, 0.29) is 22.6 Å². The second-order valence-corrected chi connectivity index (χ2v) is 10.6. The minimum absolute atomic E-state index is 0.0342. The third-order valence-corrected chi connectivity index (χ3v) is 7.94. The molecule has 10 nitrogen and oxygen atoms in total. The van der Waals surface area contributed by atoms with Crippen LogP contribution in [-0.2, 0) is 14.8 Å². The Balaban J connectivity index is 1.29. The van der Waals surface area contributed by atoms with Gasteiger partial charge in [0.2, 0.25) is 11.9 Å². The van der Waals surface area contributed by atoms with Crippen LogP contribution in [0.1, 0.15) is 32.3 Å². The van der Waals surface area contributed by atoms with Crippen molar-refractivity contribution in [3.63, 3.8) is 0 Å². The van der Waals surface area contributed by atoms with E-state index < -0.39 is 16.1 Å².